The molecule has 3 aliphatic rings. The normalized spacial score (nSPS) is 21.9. The first-order chi connectivity index (χ1) is 13.1. The summed E-state index contributed by atoms with van der Waals surface area (Å²) in [5.74, 6) is 0.948. The number of pyridine rings is 1. The molecule has 0 radical (unpaired) electrons. The van der Waals surface area contributed by atoms with Crippen molar-refractivity contribution in [3.8, 4) is 6.07 Å². The van der Waals surface area contributed by atoms with Crippen LogP contribution in [-0.2, 0) is 11.3 Å². The first-order valence-electron chi connectivity index (χ1n) is 9.54. The predicted octanol–water partition coefficient (Wildman–Crippen LogP) is 3.20. The van der Waals surface area contributed by atoms with Crippen molar-refractivity contribution in [2.75, 3.05) is 18.0 Å². The largest absolute Gasteiger partial charge is 0.353 e. The minimum atomic E-state index is -0.0263. The van der Waals surface area contributed by atoms with E-state index in [2.05, 4.69) is 28.1 Å². The SMILES string of the molecule is Cc1cc(C)c(C#N)c(N2C[C@H]3CC[C@@H](C2)N(Cc2ccccc2)C3=O)n1. The van der Waals surface area contributed by atoms with Gasteiger partial charge in [-0.2, -0.15) is 5.26 Å². The van der Waals surface area contributed by atoms with Crippen LogP contribution in [0.15, 0.2) is 36.4 Å². The highest BCUT2D eigenvalue weighted by atomic mass is 16.2. The summed E-state index contributed by atoms with van der Waals surface area (Å²) in [4.78, 5) is 22.0. The van der Waals surface area contributed by atoms with E-state index in [1.54, 1.807) is 0 Å². The van der Waals surface area contributed by atoms with Gasteiger partial charge in [-0.25, -0.2) is 4.98 Å². The molecule has 3 aliphatic heterocycles. The van der Waals surface area contributed by atoms with Crippen molar-refractivity contribution in [3.05, 3.63) is 58.8 Å². The third-order valence-corrected chi connectivity index (χ3v) is 5.73. The van der Waals surface area contributed by atoms with Gasteiger partial charge in [-0.15, -0.1) is 0 Å². The number of aryl methyl sites for hydroxylation is 2. The number of benzene rings is 1. The fourth-order valence-electron chi connectivity index (χ4n) is 4.39. The van der Waals surface area contributed by atoms with E-state index in [-0.39, 0.29) is 17.9 Å². The van der Waals surface area contributed by atoms with Crippen molar-refractivity contribution in [2.45, 2.75) is 39.3 Å². The number of anilines is 1. The minimum Gasteiger partial charge on any atom is -0.353 e. The molecule has 0 spiro atoms. The van der Waals surface area contributed by atoms with Crippen molar-refractivity contribution >= 4 is 11.7 Å². The summed E-state index contributed by atoms with van der Waals surface area (Å²) in [6.45, 7) is 5.94. The molecule has 1 amide bonds. The highest BCUT2D eigenvalue weighted by Crippen LogP contribution is 2.33. The van der Waals surface area contributed by atoms with Crippen LogP contribution in [0.25, 0.3) is 0 Å². The molecule has 1 aromatic carbocycles. The third kappa shape index (κ3) is 3.28. The van der Waals surface area contributed by atoms with E-state index in [9.17, 15) is 10.1 Å². The van der Waals surface area contributed by atoms with Crippen molar-refractivity contribution < 1.29 is 4.79 Å². The van der Waals surface area contributed by atoms with Gasteiger partial charge in [-0.1, -0.05) is 30.3 Å². The lowest BCUT2D eigenvalue weighted by molar-refractivity contribution is -0.140. The maximum atomic E-state index is 13.1. The lowest BCUT2D eigenvalue weighted by atomic mass is 9.93. The van der Waals surface area contributed by atoms with Crippen LogP contribution in [0.3, 0.4) is 0 Å². The highest BCUT2D eigenvalue weighted by molar-refractivity contribution is 5.81. The molecule has 5 heteroatoms. The lowest BCUT2D eigenvalue weighted by Crippen LogP contribution is -2.47. The summed E-state index contributed by atoms with van der Waals surface area (Å²) < 4.78 is 0. The van der Waals surface area contributed by atoms with Crippen LogP contribution in [0, 0.1) is 31.1 Å². The summed E-state index contributed by atoms with van der Waals surface area (Å²) in [6, 6.07) is 14.6. The minimum absolute atomic E-state index is 0.0263. The molecule has 1 aromatic heterocycles. The molecule has 4 heterocycles. The molecule has 27 heavy (non-hydrogen) atoms. The van der Waals surface area contributed by atoms with Gasteiger partial charge in [0.05, 0.1) is 11.5 Å². The smallest absolute Gasteiger partial charge is 0.228 e. The van der Waals surface area contributed by atoms with Gasteiger partial charge in [0, 0.05) is 31.4 Å². The third-order valence-electron chi connectivity index (χ3n) is 5.73. The number of rotatable bonds is 3. The number of piperidine rings is 1. The van der Waals surface area contributed by atoms with Crippen LogP contribution in [-0.4, -0.2) is 34.9 Å². The van der Waals surface area contributed by atoms with Gasteiger partial charge < -0.3 is 9.80 Å². The Bertz CT molecular complexity index is 903. The molecule has 2 bridgehead atoms. The van der Waals surface area contributed by atoms with Gasteiger partial charge in [0.1, 0.15) is 11.9 Å². The topological polar surface area (TPSA) is 60.2 Å². The second kappa shape index (κ2) is 7.03. The number of carbonyl (C=O) groups excluding carboxylic acids is 1. The van der Waals surface area contributed by atoms with Gasteiger partial charge in [0.25, 0.3) is 0 Å². The van der Waals surface area contributed by atoms with Crippen molar-refractivity contribution in [3.63, 3.8) is 0 Å². The Hall–Kier alpha value is -2.87. The van der Waals surface area contributed by atoms with Crippen LogP contribution < -0.4 is 4.90 Å². The molecule has 5 rings (SSSR count). The zero-order valence-electron chi connectivity index (χ0n) is 15.9. The zero-order chi connectivity index (χ0) is 19.0. The highest BCUT2D eigenvalue weighted by Gasteiger charge is 2.41. The number of hydrogen-bond donors (Lipinski definition) is 0. The molecule has 138 valence electrons. The molecule has 5 nitrogen and oxygen atoms in total. The second-order valence-electron chi connectivity index (χ2n) is 7.68. The zero-order valence-corrected chi connectivity index (χ0v) is 15.9. The summed E-state index contributed by atoms with van der Waals surface area (Å²) in [7, 11) is 0. The molecule has 0 N–H and O–H groups in total. The van der Waals surface area contributed by atoms with Gasteiger partial charge in [-0.05, 0) is 43.9 Å². The monoisotopic (exact) mass is 360 g/mol. The molecule has 3 fully saturated rings. The summed E-state index contributed by atoms with van der Waals surface area (Å²) in [5, 5.41) is 9.64. The van der Waals surface area contributed by atoms with Crippen molar-refractivity contribution in [1.82, 2.24) is 9.88 Å². The van der Waals surface area contributed by atoms with Crippen LogP contribution >= 0.6 is 0 Å². The number of aromatic nitrogens is 1. The molecule has 0 saturated carbocycles. The van der Waals surface area contributed by atoms with E-state index in [1.807, 2.05) is 43.0 Å². The number of carbonyl (C=O) groups is 1. The fourth-order valence-corrected chi connectivity index (χ4v) is 4.39. The van der Waals surface area contributed by atoms with Crippen LogP contribution in [0.1, 0.15) is 35.2 Å². The Labute approximate surface area is 160 Å². The van der Waals surface area contributed by atoms with E-state index in [0.717, 1.165) is 42.0 Å². The predicted molar refractivity (Wildman–Crippen MR) is 104 cm³/mol. The number of hydrogen-bond acceptors (Lipinski definition) is 4. The summed E-state index contributed by atoms with van der Waals surface area (Å²) in [5.41, 5.74) is 3.64. The molecular weight excluding hydrogens is 336 g/mol. The fraction of sp³-hybridized carbons (Fsp3) is 0.409. The summed E-state index contributed by atoms with van der Waals surface area (Å²) in [6.07, 6.45) is 1.92. The molecular formula is C22H24N4O. The Kier molecular flexibility index (Phi) is 4.57. The Morgan fingerprint density at radius 1 is 1.19 bits per heavy atom. The molecule has 0 aliphatic carbocycles. The van der Waals surface area contributed by atoms with E-state index in [1.165, 1.54) is 0 Å². The van der Waals surface area contributed by atoms with Crippen molar-refractivity contribution in [1.29, 1.82) is 5.26 Å². The second-order valence-corrected chi connectivity index (χ2v) is 7.68. The number of amides is 1. The Morgan fingerprint density at radius 2 is 1.96 bits per heavy atom. The first-order valence-corrected chi connectivity index (χ1v) is 9.54. The quantitative estimate of drug-likeness (QED) is 0.843. The van der Waals surface area contributed by atoms with E-state index < -0.39 is 0 Å². The number of fused-ring (bicyclic) bond motifs is 4. The van der Waals surface area contributed by atoms with E-state index in [4.69, 9.17) is 0 Å². The van der Waals surface area contributed by atoms with Gasteiger partial charge in [-0.3, -0.25) is 4.79 Å². The molecule has 0 unspecified atom stereocenters. The maximum absolute atomic E-state index is 13.1. The molecule has 2 atom stereocenters. The van der Waals surface area contributed by atoms with Crippen molar-refractivity contribution in [2.24, 2.45) is 5.92 Å². The van der Waals surface area contributed by atoms with Gasteiger partial charge in [0.15, 0.2) is 0 Å². The van der Waals surface area contributed by atoms with E-state index >= 15 is 0 Å². The Morgan fingerprint density at radius 3 is 2.70 bits per heavy atom. The number of nitrogens with zero attached hydrogens (tertiary/aromatic N) is 4. The lowest BCUT2D eigenvalue weighted by Gasteiger charge is -2.36. The average molecular weight is 360 g/mol. The first kappa shape index (κ1) is 17.5. The Balaban J connectivity index is 1.66. The van der Waals surface area contributed by atoms with Crippen LogP contribution in [0.5, 0.6) is 0 Å². The van der Waals surface area contributed by atoms with Gasteiger partial charge >= 0.3 is 0 Å². The van der Waals surface area contributed by atoms with Gasteiger partial charge in [0.2, 0.25) is 5.91 Å². The molecule has 2 aromatic rings. The average Bonchev–Trinajstić information content (AvgIpc) is 2.95. The standard InChI is InChI=1S/C22H24N4O/c1-15-10-16(2)24-21(20(15)11-23)25-13-18-8-9-19(14-25)26(22(18)27)12-17-6-4-3-5-7-17/h3-7,10,18-19H,8-9,12-14H2,1-2H3/t18-,19+/m1/s1. The molecule has 3 saturated heterocycles. The number of nitriles is 1. The van der Waals surface area contributed by atoms with Crippen LogP contribution in [0.2, 0.25) is 0 Å². The maximum Gasteiger partial charge on any atom is 0.228 e. The summed E-state index contributed by atoms with van der Waals surface area (Å²) >= 11 is 0. The van der Waals surface area contributed by atoms with Crippen LogP contribution in [0.4, 0.5) is 5.82 Å². The van der Waals surface area contributed by atoms with E-state index in [0.29, 0.717) is 18.7 Å².